The van der Waals surface area contributed by atoms with Crippen LogP contribution in [-0.4, -0.2) is 16.6 Å². The SMILES string of the molecule is CCc1cc(C(=O)NC(C)(C)C(C)(C)CC)no1. The van der Waals surface area contributed by atoms with Crippen LogP contribution < -0.4 is 5.32 Å². The number of carbonyl (C=O) groups is 1. The predicted molar refractivity (Wildman–Crippen MR) is 71.5 cm³/mol. The van der Waals surface area contributed by atoms with E-state index in [1.807, 2.05) is 20.8 Å². The van der Waals surface area contributed by atoms with Crippen LogP contribution >= 0.6 is 0 Å². The largest absolute Gasteiger partial charge is 0.361 e. The molecule has 4 heteroatoms. The minimum Gasteiger partial charge on any atom is -0.361 e. The van der Waals surface area contributed by atoms with Crippen molar-refractivity contribution in [2.24, 2.45) is 5.41 Å². The Kier molecular flexibility index (Phi) is 4.20. The second kappa shape index (κ2) is 5.12. The van der Waals surface area contributed by atoms with Crippen LogP contribution in [0.15, 0.2) is 10.6 Å². The summed E-state index contributed by atoms with van der Waals surface area (Å²) in [6.07, 6.45) is 1.73. The first-order valence-electron chi connectivity index (χ1n) is 6.51. The van der Waals surface area contributed by atoms with E-state index in [0.29, 0.717) is 5.69 Å². The molecule has 0 bridgehead atoms. The molecule has 1 aromatic heterocycles. The highest BCUT2D eigenvalue weighted by Crippen LogP contribution is 2.33. The van der Waals surface area contributed by atoms with Crippen LogP contribution in [0.2, 0.25) is 0 Å². The molecule has 1 amide bonds. The van der Waals surface area contributed by atoms with Crippen LogP contribution in [0.1, 0.15) is 64.2 Å². The van der Waals surface area contributed by atoms with Gasteiger partial charge in [-0.05, 0) is 25.7 Å². The third kappa shape index (κ3) is 2.92. The van der Waals surface area contributed by atoms with E-state index in [-0.39, 0.29) is 16.9 Å². The van der Waals surface area contributed by atoms with Crippen LogP contribution in [-0.2, 0) is 6.42 Å². The van der Waals surface area contributed by atoms with Gasteiger partial charge in [0.25, 0.3) is 5.91 Å². The van der Waals surface area contributed by atoms with Crippen molar-refractivity contribution in [3.8, 4) is 0 Å². The summed E-state index contributed by atoms with van der Waals surface area (Å²) < 4.78 is 5.05. The van der Waals surface area contributed by atoms with Crippen LogP contribution in [0, 0.1) is 5.41 Å². The summed E-state index contributed by atoms with van der Waals surface area (Å²) in [5.74, 6) is 0.553. The standard InChI is InChI=1S/C14H24N2O2/c1-7-10-9-11(16-18-10)12(17)15-14(5,6)13(3,4)8-2/h9H,7-8H2,1-6H3,(H,15,17). The summed E-state index contributed by atoms with van der Waals surface area (Å²) in [4.78, 5) is 12.1. The van der Waals surface area contributed by atoms with Gasteiger partial charge in [-0.3, -0.25) is 4.79 Å². The lowest BCUT2D eigenvalue weighted by Crippen LogP contribution is -2.53. The van der Waals surface area contributed by atoms with Gasteiger partial charge in [0.15, 0.2) is 5.69 Å². The molecule has 0 aromatic carbocycles. The lowest BCUT2D eigenvalue weighted by Gasteiger charge is -2.41. The van der Waals surface area contributed by atoms with E-state index in [2.05, 4.69) is 31.2 Å². The second-order valence-electron chi connectivity index (χ2n) is 5.85. The molecule has 4 nitrogen and oxygen atoms in total. The van der Waals surface area contributed by atoms with Gasteiger partial charge in [0, 0.05) is 18.0 Å². The third-order valence-electron chi connectivity index (χ3n) is 4.14. The number of aryl methyl sites for hydroxylation is 1. The first kappa shape index (κ1) is 14.7. The van der Waals surface area contributed by atoms with E-state index in [9.17, 15) is 4.79 Å². The summed E-state index contributed by atoms with van der Waals surface area (Å²) >= 11 is 0. The molecule has 0 aliphatic heterocycles. The molecule has 1 rings (SSSR count). The normalized spacial score (nSPS) is 12.6. The van der Waals surface area contributed by atoms with E-state index < -0.39 is 0 Å². The zero-order valence-electron chi connectivity index (χ0n) is 12.3. The number of hydrogen-bond acceptors (Lipinski definition) is 3. The molecule has 0 atom stereocenters. The van der Waals surface area contributed by atoms with Crippen molar-refractivity contribution >= 4 is 5.91 Å². The molecular weight excluding hydrogens is 228 g/mol. The van der Waals surface area contributed by atoms with Gasteiger partial charge in [0.2, 0.25) is 0 Å². The van der Waals surface area contributed by atoms with E-state index in [1.165, 1.54) is 0 Å². The monoisotopic (exact) mass is 252 g/mol. The van der Waals surface area contributed by atoms with Crippen molar-refractivity contribution in [1.82, 2.24) is 10.5 Å². The Balaban J connectivity index is 2.81. The fraction of sp³-hybridized carbons (Fsp3) is 0.714. The maximum absolute atomic E-state index is 12.1. The Hall–Kier alpha value is -1.32. The van der Waals surface area contributed by atoms with Crippen LogP contribution in [0.3, 0.4) is 0 Å². The highest BCUT2D eigenvalue weighted by molar-refractivity contribution is 5.92. The minimum atomic E-state index is -0.301. The first-order valence-corrected chi connectivity index (χ1v) is 6.51. The molecule has 0 radical (unpaired) electrons. The average Bonchev–Trinajstić information content (AvgIpc) is 2.76. The van der Waals surface area contributed by atoms with E-state index >= 15 is 0 Å². The van der Waals surface area contributed by atoms with Crippen LogP contribution in [0.4, 0.5) is 0 Å². The van der Waals surface area contributed by atoms with Gasteiger partial charge in [-0.15, -0.1) is 0 Å². The summed E-state index contributed by atoms with van der Waals surface area (Å²) in [6, 6.07) is 1.70. The number of amides is 1. The molecule has 0 spiro atoms. The van der Waals surface area contributed by atoms with Crippen LogP contribution in [0.5, 0.6) is 0 Å². The summed E-state index contributed by atoms with van der Waals surface area (Å²) in [5, 5.41) is 6.83. The molecule has 0 aliphatic rings. The van der Waals surface area contributed by atoms with Gasteiger partial charge >= 0.3 is 0 Å². The maximum Gasteiger partial charge on any atom is 0.273 e. The average molecular weight is 252 g/mol. The molecule has 1 aromatic rings. The number of hydrogen-bond donors (Lipinski definition) is 1. The van der Waals surface area contributed by atoms with Crippen molar-refractivity contribution in [1.29, 1.82) is 0 Å². The molecule has 0 saturated carbocycles. The van der Waals surface area contributed by atoms with Gasteiger partial charge < -0.3 is 9.84 Å². The van der Waals surface area contributed by atoms with Crippen molar-refractivity contribution in [2.75, 3.05) is 0 Å². The molecule has 1 N–H and O–H groups in total. The molecule has 0 fully saturated rings. The Morgan fingerprint density at radius 3 is 2.39 bits per heavy atom. The highest BCUT2D eigenvalue weighted by atomic mass is 16.5. The molecule has 102 valence electrons. The lowest BCUT2D eigenvalue weighted by molar-refractivity contribution is 0.0789. The zero-order valence-corrected chi connectivity index (χ0v) is 12.3. The summed E-state index contributed by atoms with van der Waals surface area (Å²) in [7, 11) is 0. The number of rotatable bonds is 5. The maximum atomic E-state index is 12.1. The Morgan fingerprint density at radius 2 is 1.94 bits per heavy atom. The fourth-order valence-corrected chi connectivity index (χ4v) is 1.55. The Morgan fingerprint density at radius 1 is 1.33 bits per heavy atom. The van der Waals surface area contributed by atoms with Gasteiger partial charge in [-0.25, -0.2) is 0 Å². The lowest BCUT2D eigenvalue weighted by atomic mass is 9.72. The molecular formula is C14H24N2O2. The third-order valence-corrected chi connectivity index (χ3v) is 4.14. The molecule has 18 heavy (non-hydrogen) atoms. The second-order valence-corrected chi connectivity index (χ2v) is 5.85. The summed E-state index contributed by atoms with van der Waals surface area (Å²) in [6.45, 7) is 12.5. The molecule has 0 unspecified atom stereocenters. The Bertz CT molecular complexity index is 419. The predicted octanol–water partition coefficient (Wildman–Crippen LogP) is 3.18. The molecule has 0 aliphatic carbocycles. The number of aromatic nitrogens is 1. The smallest absolute Gasteiger partial charge is 0.273 e. The van der Waals surface area contributed by atoms with Gasteiger partial charge in [0.05, 0.1) is 0 Å². The van der Waals surface area contributed by atoms with Crippen molar-refractivity contribution in [3.05, 3.63) is 17.5 Å². The molecule has 1 heterocycles. The van der Waals surface area contributed by atoms with Crippen molar-refractivity contribution in [3.63, 3.8) is 0 Å². The number of nitrogens with one attached hydrogen (secondary N) is 1. The first-order chi connectivity index (χ1) is 8.23. The fourth-order valence-electron chi connectivity index (χ4n) is 1.55. The highest BCUT2D eigenvalue weighted by Gasteiger charge is 2.37. The van der Waals surface area contributed by atoms with Crippen LogP contribution in [0.25, 0.3) is 0 Å². The molecule has 0 saturated heterocycles. The summed E-state index contributed by atoms with van der Waals surface area (Å²) in [5.41, 5.74) is 0.0660. The number of nitrogens with zero attached hydrogens (tertiary/aromatic N) is 1. The quantitative estimate of drug-likeness (QED) is 0.875. The van der Waals surface area contributed by atoms with E-state index in [1.54, 1.807) is 6.07 Å². The Labute approximate surface area is 109 Å². The van der Waals surface area contributed by atoms with Gasteiger partial charge in [-0.2, -0.15) is 0 Å². The topological polar surface area (TPSA) is 55.1 Å². The van der Waals surface area contributed by atoms with Gasteiger partial charge in [0.1, 0.15) is 5.76 Å². The number of carbonyl (C=O) groups excluding carboxylic acids is 1. The van der Waals surface area contributed by atoms with Crippen molar-refractivity contribution in [2.45, 2.75) is 59.9 Å². The van der Waals surface area contributed by atoms with Gasteiger partial charge in [-0.1, -0.05) is 32.9 Å². The van der Waals surface area contributed by atoms with E-state index in [4.69, 9.17) is 4.52 Å². The van der Waals surface area contributed by atoms with Crippen molar-refractivity contribution < 1.29 is 9.32 Å². The van der Waals surface area contributed by atoms with E-state index in [0.717, 1.165) is 18.6 Å². The zero-order chi connectivity index (χ0) is 14.0. The minimum absolute atomic E-state index is 0.0139.